The molecule has 0 aromatic heterocycles. The molecule has 0 atom stereocenters. The van der Waals surface area contributed by atoms with Crippen molar-refractivity contribution in [3.8, 4) is 17.2 Å². The number of hydrogen-bond donors (Lipinski definition) is 1. The Morgan fingerprint density at radius 2 is 1.93 bits per heavy atom. The molecule has 0 saturated carbocycles. The topological polar surface area (TPSA) is 77.1 Å². The highest BCUT2D eigenvalue weighted by atomic mass is 16.5. The molecule has 2 aromatic carbocycles. The van der Waals surface area contributed by atoms with Crippen LogP contribution in [0.4, 0.5) is 5.69 Å². The molecule has 7 nitrogen and oxygen atoms in total. The minimum atomic E-state index is -0.228. The van der Waals surface area contributed by atoms with Crippen LogP contribution in [0.3, 0.4) is 0 Å². The molecule has 0 saturated heterocycles. The number of methoxy groups -OCH3 is 2. The lowest BCUT2D eigenvalue weighted by molar-refractivity contribution is -0.118. The van der Waals surface area contributed by atoms with Crippen molar-refractivity contribution in [1.29, 1.82) is 0 Å². The fraction of sp³-hybridized carbons (Fsp3) is 0.300. The van der Waals surface area contributed by atoms with Gasteiger partial charge in [-0.05, 0) is 42.3 Å². The maximum Gasteiger partial charge on any atom is 0.262 e. The summed E-state index contributed by atoms with van der Waals surface area (Å²) in [6.45, 7) is 0.528. The number of anilines is 1. The third-order valence-electron chi connectivity index (χ3n) is 4.39. The number of carbonyl (C=O) groups is 2. The third-order valence-corrected chi connectivity index (χ3v) is 4.39. The predicted molar refractivity (Wildman–Crippen MR) is 101 cm³/mol. The van der Waals surface area contributed by atoms with Crippen molar-refractivity contribution in [2.75, 3.05) is 39.7 Å². The number of nitrogens with one attached hydrogen (secondary N) is 1. The zero-order valence-corrected chi connectivity index (χ0v) is 15.6. The Labute approximate surface area is 157 Å². The van der Waals surface area contributed by atoms with Crippen LogP contribution in [-0.2, 0) is 11.2 Å². The molecule has 1 N–H and O–H groups in total. The van der Waals surface area contributed by atoms with Crippen LogP contribution in [-0.4, -0.2) is 51.1 Å². The quantitative estimate of drug-likeness (QED) is 0.845. The first kappa shape index (κ1) is 18.6. The Kier molecular flexibility index (Phi) is 5.49. The van der Waals surface area contributed by atoms with Gasteiger partial charge in [-0.1, -0.05) is 6.07 Å². The third kappa shape index (κ3) is 4.13. The molecule has 3 rings (SSSR count). The normalized spacial score (nSPS) is 12.5. The number of fused-ring (bicyclic) bond motifs is 1. The maximum atomic E-state index is 12.7. The second-order valence-electron chi connectivity index (χ2n) is 6.21. The molecule has 0 spiro atoms. The van der Waals surface area contributed by atoms with Gasteiger partial charge in [-0.15, -0.1) is 0 Å². The van der Waals surface area contributed by atoms with Gasteiger partial charge in [0.05, 0.1) is 19.9 Å². The predicted octanol–water partition coefficient (Wildman–Crippen LogP) is 2.35. The van der Waals surface area contributed by atoms with Crippen LogP contribution in [0.1, 0.15) is 15.9 Å². The van der Waals surface area contributed by atoms with Crippen LogP contribution in [0, 0.1) is 0 Å². The fourth-order valence-electron chi connectivity index (χ4n) is 2.87. The SMILES string of the molecule is COc1ccc(CCN(C)C(=O)c2ccc3c(c2)NC(=O)CO3)cc1OC. The molecule has 0 radical (unpaired) electrons. The smallest absolute Gasteiger partial charge is 0.262 e. The minimum absolute atomic E-state index is 0.00841. The summed E-state index contributed by atoms with van der Waals surface area (Å²) in [6, 6.07) is 10.7. The summed E-state index contributed by atoms with van der Waals surface area (Å²) < 4.78 is 15.9. The van der Waals surface area contributed by atoms with Crippen LogP contribution < -0.4 is 19.5 Å². The van der Waals surface area contributed by atoms with Gasteiger partial charge in [-0.2, -0.15) is 0 Å². The van der Waals surface area contributed by atoms with Gasteiger partial charge in [0.25, 0.3) is 11.8 Å². The van der Waals surface area contributed by atoms with E-state index in [1.54, 1.807) is 44.4 Å². The lowest BCUT2D eigenvalue weighted by Crippen LogP contribution is -2.30. The van der Waals surface area contributed by atoms with Crippen molar-refractivity contribution < 1.29 is 23.8 Å². The molecule has 1 aliphatic heterocycles. The van der Waals surface area contributed by atoms with Gasteiger partial charge < -0.3 is 24.4 Å². The van der Waals surface area contributed by atoms with Gasteiger partial charge >= 0.3 is 0 Å². The van der Waals surface area contributed by atoms with Crippen molar-refractivity contribution in [2.45, 2.75) is 6.42 Å². The summed E-state index contributed by atoms with van der Waals surface area (Å²) in [7, 11) is 4.93. The second kappa shape index (κ2) is 7.99. The molecule has 1 heterocycles. The van der Waals surface area contributed by atoms with Gasteiger partial charge in [0.2, 0.25) is 0 Å². The largest absolute Gasteiger partial charge is 0.493 e. The highest BCUT2D eigenvalue weighted by Gasteiger charge is 2.19. The summed E-state index contributed by atoms with van der Waals surface area (Å²) in [4.78, 5) is 25.8. The number of carbonyl (C=O) groups excluding carboxylic acids is 2. The second-order valence-corrected chi connectivity index (χ2v) is 6.21. The van der Waals surface area contributed by atoms with Crippen molar-refractivity contribution in [1.82, 2.24) is 4.90 Å². The number of amides is 2. The summed E-state index contributed by atoms with van der Waals surface area (Å²) in [5, 5.41) is 2.71. The summed E-state index contributed by atoms with van der Waals surface area (Å²) in [5.41, 5.74) is 2.05. The first-order chi connectivity index (χ1) is 13.0. The first-order valence-electron chi connectivity index (χ1n) is 8.55. The van der Waals surface area contributed by atoms with E-state index in [1.807, 2.05) is 18.2 Å². The number of nitrogens with zero attached hydrogens (tertiary/aromatic N) is 1. The van der Waals surface area contributed by atoms with Gasteiger partial charge in [-0.3, -0.25) is 9.59 Å². The highest BCUT2D eigenvalue weighted by Crippen LogP contribution is 2.29. The zero-order chi connectivity index (χ0) is 19.4. The standard InChI is InChI=1S/C20H22N2O5/c1-22(9-8-13-4-6-17(25-2)18(10-13)26-3)20(24)14-5-7-16-15(11-14)21-19(23)12-27-16/h4-7,10-11H,8-9,12H2,1-3H3,(H,21,23). The molecule has 0 fully saturated rings. The van der Waals surface area contributed by atoms with E-state index in [9.17, 15) is 9.59 Å². The van der Waals surface area contributed by atoms with Crippen LogP contribution in [0.2, 0.25) is 0 Å². The minimum Gasteiger partial charge on any atom is -0.493 e. The molecule has 0 bridgehead atoms. The molecular weight excluding hydrogens is 348 g/mol. The molecule has 27 heavy (non-hydrogen) atoms. The Bertz CT molecular complexity index is 865. The zero-order valence-electron chi connectivity index (χ0n) is 15.6. The monoisotopic (exact) mass is 370 g/mol. The van der Waals surface area contributed by atoms with Gasteiger partial charge in [0, 0.05) is 19.2 Å². The van der Waals surface area contributed by atoms with E-state index < -0.39 is 0 Å². The number of benzene rings is 2. The van der Waals surface area contributed by atoms with Crippen molar-refractivity contribution in [3.05, 3.63) is 47.5 Å². The average molecular weight is 370 g/mol. The van der Waals surface area contributed by atoms with E-state index in [4.69, 9.17) is 14.2 Å². The summed E-state index contributed by atoms with van der Waals surface area (Å²) in [6.07, 6.45) is 0.674. The van der Waals surface area contributed by atoms with E-state index >= 15 is 0 Å². The van der Waals surface area contributed by atoms with E-state index in [0.717, 1.165) is 5.56 Å². The van der Waals surface area contributed by atoms with E-state index in [1.165, 1.54) is 0 Å². The number of ether oxygens (including phenoxy) is 3. The molecule has 2 amide bonds. The Morgan fingerprint density at radius 3 is 2.67 bits per heavy atom. The molecular formula is C20H22N2O5. The van der Waals surface area contributed by atoms with Crippen molar-refractivity contribution in [2.24, 2.45) is 0 Å². The number of rotatable bonds is 6. The van der Waals surface area contributed by atoms with E-state index in [2.05, 4.69) is 5.32 Å². The van der Waals surface area contributed by atoms with E-state index in [-0.39, 0.29) is 18.4 Å². The fourth-order valence-corrected chi connectivity index (χ4v) is 2.87. The first-order valence-corrected chi connectivity index (χ1v) is 8.55. The maximum absolute atomic E-state index is 12.7. The molecule has 1 aliphatic rings. The highest BCUT2D eigenvalue weighted by molar-refractivity contribution is 5.99. The van der Waals surface area contributed by atoms with Gasteiger partial charge in [0.1, 0.15) is 5.75 Å². The van der Waals surface area contributed by atoms with Crippen LogP contribution in [0.15, 0.2) is 36.4 Å². The molecule has 7 heteroatoms. The Morgan fingerprint density at radius 1 is 1.15 bits per heavy atom. The average Bonchev–Trinajstić information content (AvgIpc) is 2.70. The van der Waals surface area contributed by atoms with Crippen LogP contribution >= 0.6 is 0 Å². The molecule has 0 aliphatic carbocycles. The summed E-state index contributed by atoms with van der Waals surface area (Å²) in [5.74, 6) is 1.55. The number of hydrogen-bond acceptors (Lipinski definition) is 5. The van der Waals surface area contributed by atoms with Crippen LogP contribution in [0.25, 0.3) is 0 Å². The molecule has 2 aromatic rings. The Balaban J connectivity index is 1.66. The van der Waals surface area contributed by atoms with Crippen molar-refractivity contribution in [3.63, 3.8) is 0 Å². The van der Waals surface area contributed by atoms with Gasteiger partial charge in [-0.25, -0.2) is 0 Å². The molecule has 0 unspecified atom stereocenters. The summed E-state index contributed by atoms with van der Waals surface area (Å²) >= 11 is 0. The lowest BCUT2D eigenvalue weighted by Gasteiger charge is -2.21. The van der Waals surface area contributed by atoms with Crippen LogP contribution in [0.5, 0.6) is 17.2 Å². The van der Waals surface area contributed by atoms with E-state index in [0.29, 0.717) is 41.5 Å². The van der Waals surface area contributed by atoms with Crippen molar-refractivity contribution >= 4 is 17.5 Å². The van der Waals surface area contributed by atoms with Gasteiger partial charge in [0.15, 0.2) is 18.1 Å². The Hall–Kier alpha value is -3.22. The lowest BCUT2D eigenvalue weighted by atomic mass is 10.1. The molecule has 142 valence electrons. The number of likely N-dealkylation sites (N-methyl/N-ethyl adjacent to an activating group) is 1.